The van der Waals surface area contributed by atoms with Crippen LogP contribution in [0.4, 0.5) is 5.82 Å². The monoisotopic (exact) mass is 288 g/mol. The molecule has 2 rings (SSSR count). The number of anilines is 1. The lowest BCUT2D eigenvalue weighted by atomic mass is 10.0. The van der Waals surface area contributed by atoms with E-state index in [4.69, 9.17) is 4.52 Å². The Hall–Kier alpha value is -1.60. The van der Waals surface area contributed by atoms with Gasteiger partial charge in [-0.05, 0) is 6.92 Å². The number of carbonyl (C=O) groups is 2. The van der Waals surface area contributed by atoms with Gasteiger partial charge in [-0.2, -0.15) is 0 Å². The normalized spacial score (nSPS) is 14.2. The van der Waals surface area contributed by atoms with Crippen LogP contribution >= 0.6 is 12.4 Å². The van der Waals surface area contributed by atoms with Crippen LogP contribution in [0.3, 0.4) is 0 Å². The second kappa shape index (κ2) is 6.53. The number of hydrogen-bond donors (Lipinski definition) is 2. The highest BCUT2D eigenvalue weighted by Gasteiger charge is 2.28. The minimum atomic E-state index is -0.286. The molecule has 1 saturated heterocycles. The maximum absolute atomic E-state index is 11.8. The second-order valence-corrected chi connectivity index (χ2v) is 4.42. The summed E-state index contributed by atoms with van der Waals surface area (Å²) in [7, 11) is 1.62. The Kier molecular flexibility index (Phi) is 5.31. The zero-order valence-corrected chi connectivity index (χ0v) is 11.6. The first-order valence-electron chi connectivity index (χ1n) is 5.75. The SMILES string of the molecule is Cc1cc(NC(=O)CN(C)C(=O)C2CNC2)no1.Cl. The molecule has 7 nitrogen and oxygen atoms in total. The van der Waals surface area contributed by atoms with Crippen molar-refractivity contribution < 1.29 is 14.1 Å². The van der Waals surface area contributed by atoms with E-state index in [1.165, 1.54) is 4.90 Å². The minimum Gasteiger partial charge on any atom is -0.360 e. The Bertz CT molecular complexity index is 459. The summed E-state index contributed by atoms with van der Waals surface area (Å²) in [5.74, 6) is 0.683. The van der Waals surface area contributed by atoms with Crippen LogP contribution in [0.25, 0.3) is 0 Å². The van der Waals surface area contributed by atoms with E-state index in [-0.39, 0.29) is 36.7 Å². The Morgan fingerprint density at radius 3 is 2.74 bits per heavy atom. The first-order valence-corrected chi connectivity index (χ1v) is 5.75. The molecule has 0 radical (unpaired) electrons. The number of nitrogens with zero attached hydrogens (tertiary/aromatic N) is 2. The van der Waals surface area contributed by atoms with Crippen molar-refractivity contribution in [3.05, 3.63) is 11.8 Å². The van der Waals surface area contributed by atoms with Gasteiger partial charge in [0.1, 0.15) is 5.76 Å². The highest BCUT2D eigenvalue weighted by molar-refractivity contribution is 5.94. The summed E-state index contributed by atoms with van der Waals surface area (Å²) in [6.07, 6.45) is 0. The zero-order valence-electron chi connectivity index (χ0n) is 10.8. The molecule has 0 atom stereocenters. The van der Waals surface area contributed by atoms with Crippen molar-refractivity contribution in [2.75, 3.05) is 32.0 Å². The van der Waals surface area contributed by atoms with E-state index in [1.54, 1.807) is 20.0 Å². The topological polar surface area (TPSA) is 87.5 Å². The summed E-state index contributed by atoms with van der Waals surface area (Å²) in [6.45, 7) is 3.13. The van der Waals surface area contributed by atoms with E-state index in [2.05, 4.69) is 15.8 Å². The first kappa shape index (κ1) is 15.5. The largest absolute Gasteiger partial charge is 0.360 e. The number of aryl methyl sites for hydroxylation is 1. The van der Waals surface area contributed by atoms with Crippen LogP contribution in [0.1, 0.15) is 5.76 Å². The molecule has 2 amide bonds. The summed E-state index contributed by atoms with van der Waals surface area (Å²) >= 11 is 0. The third-order valence-electron chi connectivity index (χ3n) is 2.78. The Morgan fingerprint density at radius 1 is 1.58 bits per heavy atom. The van der Waals surface area contributed by atoms with E-state index in [0.29, 0.717) is 24.7 Å². The number of likely N-dealkylation sites (N-methyl/N-ethyl adjacent to an activating group) is 1. The average Bonchev–Trinajstić information content (AvgIpc) is 2.60. The van der Waals surface area contributed by atoms with Gasteiger partial charge in [0.05, 0.1) is 12.5 Å². The number of carbonyl (C=O) groups excluding carboxylic acids is 2. The van der Waals surface area contributed by atoms with E-state index >= 15 is 0 Å². The third-order valence-corrected chi connectivity index (χ3v) is 2.78. The van der Waals surface area contributed by atoms with Gasteiger partial charge in [-0.1, -0.05) is 5.16 Å². The summed E-state index contributed by atoms with van der Waals surface area (Å²) in [5, 5.41) is 9.24. The fourth-order valence-corrected chi connectivity index (χ4v) is 1.68. The molecule has 0 aliphatic carbocycles. The fourth-order valence-electron chi connectivity index (χ4n) is 1.68. The van der Waals surface area contributed by atoms with Gasteiger partial charge in [-0.25, -0.2) is 0 Å². The van der Waals surface area contributed by atoms with Crippen LogP contribution < -0.4 is 10.6 Å². The van der Waals surface area contributed by atoms with Crippen molar-refractivity contribution in [3.8, 4) is 0 Å². The minimum absolute atomic E-state index is 0. The lowest BCUT2D eigenvalue weighted by molar-refractivity contribution is -0.138. The summed E-state index contributed by atoms with van der Waals surface area (Å²) < 4.78 is 4.83. The molecule has 1 aliphatic rings. The van der Waals surface area contributed by atoms with Gasteiger partial charge in [0.2, 0.25) is 11.8 Å². The number of hydrogen-bond acceptors (Lipinski definition) is 5. The van der Waals surface area contributed by atoms with E-state index in [1.807, 2.05) is 0 Å². The highest BCUT2D eigenvalue weighted by atomic mass is 35.5. The van der Waals surface area contributed by atoms with Crippen LogP contribution in [-0.2, 0) is 9.59 Å². The lowest BCUT2D eigenvalue weighted by Crippen LogP contribution is -2.52. The molecular weight excluding hydrogens is 272 g/mol. The van der Waals surface area contributed by atoms with Crippen LogP contribution in [-0.4, -0.2) is 48.6 Å². The maximum atomic E-state index is 11.8. The molecule has 106 valence electrons. The molecule has 0 saturated carbocycles. The van der Waals surface area contributed by atoms with Gasteiger partial charge in [0.15, 0.2) is 5.82 Å². The number of halogens is 1. The maximum Gasteiger partial charge on any atom is 0.245 e. The molecule has 19 heavy (non-hydrogen) atoms. The molecule has 8 heteroatoms. The van der Waals surface area contributed by atoms with Crippen LogP contribution in [0.2, 0.25) is 0 Å². The Morgan fingerprint density at radius 2 is 2.26 bits per heavy atom. The number of amides is 2. The van der Waals surface area contributed by atoms with Crippen LogP contribution in [0.5, 0.6) is 0 Å². The Balaban J connectivity index is 0.00000180. The highest BCUT2D eigenvalue weighted by Crippen LogP contribution is 2.08. The number of nitrogens with one attached hydrogen (secondary N) is 2. The van der Waals surface area contributed by atoms with Gasteiger partial charge < -0.3 is 20.1 Å². The molecule has 0 bridgehead atoms. The van der Waals surface area contributed by atoms with Crippen LogP contribution in [0, 0.1) is 12.8 Å². The van der Waals surface area contributed by atoms with Gasteiger partial charge in [-0.3, -0.25) is 9.59 Å². The fraction of sp³-hybridized carbons (Fsp3) is 0.545. The quantitative estimate of drug-likeness (QED) is 0.816. The van der Waals surface area contributed by atoms with Gasteiger partial charge in [0, 0.05) is 26.2 Å². The molecule has 1 aliphatic heterocycles. The van der Waals surface area contributed by atoms with Crippen LogP contribution in [0.15, 0.2) is 10.6 Å². The predicted octanol–water partition coefficient (Wildman–Crippen LogP) is 0.0211. The predicted molar refractivity (Wildman–Crippen MR) is 71.1 cm³/mol. The van der Waals surface area contributed by atoms with Crippen molar-refractivity contribution in [2.24, 2.45) is 5.92 Å². The third kappa shape index (κ3) is 3.93. The van der Waals surface area contributed by atoms with Crippen molar-refractivity contribution in [2.45, 2.75) is 6.92 Å². The molecule has 1 fully saturated rings. The lowest BCUT2D eigenvalue weighted by Gasteiger charge is -2.29. The molecule has 0 unspecified atom stereocenters. The molecule has 2 N–H and O–H groups in total. The van der Waals surface area contributed by atoms with E-state index < -0.39 is 0 Å². The standard InChI is InChI=1S/C11H16N4O3.ClH/c1-7-3-9(14-18-7)13-10(16)6-15(2)11(17)8-4-12-5-8;/h3,8,12H,4-6H2,1-2H3,(H,13,14,16);1H. The molecule has 2 heterocycles. The van der Waals surface area contributed by atoms with Gasteiger partial charge in [0.25, 0.3) is 0 Å². The van der Waals surface area contributed by atoms with Gasteiger partial charge in [-0.15, -0.1) is 12.4 Å². The molecule has 1 aromatic rings. The van der Waals surface area contributed by atoms with E-state index in [0.717, 1.165) is 0 Å². The van der Waals surface area contributed by atoms with Crippen molar-refractivity contribution >= 4 is 30.0 Å². The first-order chi connectivity index (χ1) is 8.56. The second-order valence-electron chi connectivity index (χ2n) is 4.42. The molecule has 1 aromatic heterocycles. The Labute approximate surface area is 117 Å². The zero-order chi connectivity index (χ0) is 13.1. The van der Waals surface area contributed by atoms with Crippen molar-refractivity contribution in [1.29, 1.82) is 0 Å². The number of aromatic nitrogens is 1. The van der Waals surface area contributed by atoms with E-state index in [9.17, 15) is 9.59 Å². The summed E-state index contributed by atoms with van der Waals surface area (Å²) in [6, 6.07) is 1.62. The van der Waals surface area contributed by atoms with Gasteiger partial charge >= 0.3 is 0 Å². The molecular formula is C11H17ClN4O3. The average molecular weight is 289 g/mol. The van der Waals surface area contributed by atoms with Crippen molar-refractivity contribution in [1.82, 2.24) is 15.4 Å². The molecule has 0 aromatic carbocycles. The summed E-state index contributed by atoms with van der Waals surface area (Å²) in [4.78, 5) is 24.9. The van der Waals surface area contributed by atoms with Crippen molar-refractivity contribution in [3.63, 3.8) is 0 Å². The molecule has 0 spiro atoms. The smallest absolute Gasteiger partial charge is 0.245 e. The number of rotatable bonds is 4. The summed E-state index contributed by atoms with van der Waals surface area (Å²) in [5.41, 5.74) is 0.